The van der Waals surface area contributed by atoms with Crippen LogP contribution in [0.4, 0.5) is 5.82 Å². The third-order valence-corrected chi connectivity index (χ3v) is 2.79. The fourth-order valence-electron chi connectivity index (χ4n) is 1.82. The van der Waals surface area contributed by atoms with Gasteiger partial charge in [0.15, 0.2) is 11.5 Å². The third-order valence-electron chi connectivity index (χ3n) is 2.79. The van der Waals surface area contributed by atoms with Gasteiger partial charge in [-0.2, -0.15) is 0 Å². The van der Waals surface area contributed by atoms with Crippen molar-refractivity contribution in [2.45, 2.75) is 19.9 Å². The van der Waals surface area contributed by atoms with E-state index in [0.717, 1.165) is 19.5 Å². The molecule has 10 heteroatoms. The first-order chi connectivity index (χ1) is 9.72. The molecule has 0 unspecified atom stereocenters. The summed E-state index contributed by atoms with van der Waals surface area (Å²) in [5.41, 5.74) is 6.78. The fourth-order valence-corrected chi connectivity index (χ4v) is 1.82. The minimum atomic E-state index is -0.0835. The SMILES string of the molecule is CCCNCCNC(=O)Cn1cnc2c(N)ncnc21.Cl.Cl. The molecule has 2 aromatic heterocycles. The lowest BCUT2D eigenvalue weighted by atomic mass is 10.4. The summed E-state index contributed by atoms with van der Waals surface area (Å²) in [4.78, 5) is 23.9. The largest absolute Gasteiger partial charge is 0.382 e. The number of nitrogens with zero attached hydrogens (tertiary/aromatic N) is 4. The van der Waals surface area contributed by atoms with E-state index in [9.17, 15) is 4.79 Å². The molecular weight excluding hydrogens is 329 g/mol. The Hall–Kier alpha value is -1.64. The molecule has 8 nitrogen and oxygen atoms in total. The maximum atomic E-state index is 11.8. The normalized spacial score (nSPS) is 9.86. The molecular formula is C12H21Cl2N7O. The van der Waals surface area contributed by atoms with Crippen molar-refractivity contribution in [2.75, 3.05) is 25.4 Å². The Labute approximate surface area is 141 Å². The second-order valence-electron chi connectivity index (χ2n) is 4.40. The van der Waals surface area contributed by atoms with Crippen molar-refractivity contribution in [1.29, 1.82) is 0 Å². The van der Waals surface area contributed by atoms with Gasteiger partial charge in [-0.05, 0) is 13.0 Å². The predicted octanol–water partition coefficient (Wildman–Crippen LogP) is 0.368. The van der Waals surface area contributed by atoms with Crippen LogP contribution in [0, 0.1) is 0 Å². The number of carbonyl (C=O) groups excluding carboxylic acids is 1. The number of nitrogens with one attached hydrogen (secondary N) is 2. The van der Waals surface area contributed by atoms with Crippen LogP contribution in [-0.2, 0) is 11.3 Å². The molecule has 4 N–H and O–H groups in total. The van der Waals surface area contributed by atoms with E-state index in [1.807, 2.05) is 0 Å². The Morgan fingerprint density at radius 3 is 2.73 bits per heavy atom. The first kappa shape index (κ1) is 20.4. The Kier molecular flexibility index (Phi) is 9.39. The van der Waals surface area contributed by atoms with Crippen molar-refractivity contribution in [1.82, 2.24) is 30.2 Å². The highest BCUT2D eigenvalue weighted by molar-refractivity contribution is 5.85. The predicted molar refractivity (Wildman–Crippen MR) is 90.4 cm³/mol. The highest BCUT2D eigenvalue weighted by Crippen LogP contribution is 2.13. The van der Waals surface area contributed by atoms with Crippen LogP contribution in [0.5, 0.6) is 0 Å². The number of hydrogen-bond acceptors (Lipinski definition) is 6. The molecule has 0 saturated heterocycles. The van der Waals surface area contributed by atoms with Gasteiger partial charge >= 0.3 is 0 Å². The zero-order chi connectivity index (χ0) is 14.4. The highest BCUT2D eigenvalue weighted by Gasteiger charge is 2.10. The number of aromatic nitrogens is 4. The third kappa shape index (κ3) is 5.28. The standard InChI is InChI=1S/C12H19N7O.2ClH/c1-2-3-14-4-5-15-9(20)6-19-8-18-10-11(13)16-7-17-12(10)19;;/h7-8,14H,2-6H2,1H3,(H,15,20)(H2,13,16,17);2*1H. The molecule has 0 aliphatic rings. The summed E-state index contributed by atoms with van der Waals surface area (Å²) in [6.07, 6.45) is 3.99. The molecule has 0 atom stereocenters. The molecule has 0 aromatic carbocycles. The van der Waals surface area contributed by atoms with E-state index < -0.39 is 0 Å². The van der Waals surface area contributed by atoms with Crippen LogP contribution in [0.3, 0.4) is 0 Å². The van der Waals surface area contributed by atoms with Crippen molar-refractivity contribution in [3.8, 4) is 0 Å². The number of halogens is 2. The van der Waals surface area contributed by atoms with Gasteiger partial charge < -0.3 is 20.9 Å². The van der Waals surface area contributed by atoms with Gasteiger partial charge in [-0.25, -0.2) is 15.0 Å². The van der Waals surface area contributed by atoms with E-state index in [4.69, 9.17) is 5.73 Å². The second kappa shape index (κ2) is 10.1. The van der Waals surface area contributed by atoms with E-state index in [1.54, 1.807) is 10.9 Å². The summed E-state index contributed by atoms with van der Waals surface area (Å²) in [5, 5.41) is 6.05. The number of carbonyl (C=O) groups is 1. The quantitative estimate of drug-likeness (QED) is 0.622. The lowest BCUT2D eigenvalue weighted by molar-refractivity contribution is -0.121. The van der Waals surface area contributed by atoms with Crippen LogP contribution >= 0.6 is 24.8 Å². The first-order valence-electron chi connectivity index (χ1n) is 6.61. The molecule has 124 valence electrons. The molecule has 2 aromatic rings. The van der Waals surface area contributed by atoms with Gasteiger partial charge in [0.2, 0.25) is 5.91 Å². The van der Waals surface area contributed by atoms with E-state index >= 15 is 0 Å². The van der Waals surface area contributed by atoms with Crippen molar-refractivity contribution < 1.29 is 4.79 Å². The first-order valence-corrected chi connectivity index (χ1v) is 6.61. The Morgan fingerprint density at radius 1 is 1.23 bits per heavy atom. The van der Waals surface area contributed by atoms with Gasteiger partial charge in [-0.3, -0.25) is 4.79 Å². The van der Waals surface area contributed by atoms with Crippen LogP contribution in [0.2, 0.25) is 0 Å². The van der Waals surface area contributed by atoms with Gasteiger partial charge in [0.1, 0.15) is 18.4 Å². The van der Waals surface area contributed by atoms with Gasteiger partial charge in [-0.15, -0.1) is 24.8 Å². The molecule has 22 heavy (non-hydrogen) atoms. The fraction of sp³-hybridized carbons (Fsp3) is 0.500. The number of nitrogens with two attached hydrogens (primary N) is 1. The van der Waals surface area contributed by atoms with E-state index in [0.29, 0.717) is 23.5 Å². The number of nitrogen functional groups attached to an aromatic ring is 1. The molecule has 2 rings (SSSR count). The topological polar surface area (TPSA) is 111 Å². The van der Waals surface area contributed by atoms with Gasteiger partial charge in [0, 0.05) is 13.1 Å². The van der Waals surface area contributed by atoms with Crippen molar-refractivity contribution in [3.05, 3.63) is 12.7 Å². The number of fused-ring (bicyclic) bond motifs is 1. The number of imidazole rings is 1. The molecule has 0 fully saturated rings. The number of amides is 1. The van der Waals surface area contributed by atoms with E-state index in [2.05, 4.69) is 32.5 Å². The molecule has 0 aliphatic heterocycles. The molecule has 0 spiro atoms. The molecule has 0 saturated carbocycles. The van der Waals surface area contributed by atoms with Crippen molar-refractivity contribution in [3.63, 3.8) is 0 Å². The smallest absolute Gasteiger partial charge is 0.240 e. The van der Waals surface area contributed by atoms with Crippen molar-refractivity contribution in [2.24, 2.45) is 0 Å². The average molecular weight is 350 g/mol. The molecule has 1 amide bonds. The zero-order valence-electron chi connectivity index (χ0n) is 12.3. The summed E-state index contributed by atoms with van der Waals surface area (Å²) >= 11 is 0. The average Bonchev–Trinajstić information content (AvgIpc) is 2.83. The van der Waals surface area contributed by atoms with Crippen LogP contribution in [0.25, 0.3) is 11.2 Å². The number of rotatable bonds is 7. The number of anilines is 1. The van der Waals surface area contributed by atoms with E-state index in [1.165, 1.54) is 6.33 Å². The maximum Gasteiger partial charge on any atom is 0.240 e. The Bertz CT molecular complexity index is 590. The minimum Gasteiger partial charge on any atom is -0.382 e. The summed E-state index contributed by atoms with van der Waals surface area (Å²) in [7, 11) is 0. The molecule has 0 radical (unpaired) electrons. The lowest BCUT2D eigenvalue weighted by Crippen LogP contribution is -2.34. The van der Waals surface area contributed by atoms with E-state index in [-0.39, 0.29) is 37.3 Å². The summed E-state index contributed by atoms with van der Waals surface area (Å²) in [5.74, 6) is 0.234. The molecule has 2 heterocycles. The maximum absolute atomic E-state index is 11.8. The minimum absolute atomic E-state index is 0. The van der Waals surface area contributed by atoms with Crippen molar-refractivity contribution >= 4 is 47.7 Å². The van der Waals surface area contributed by atoms with Crippen LogP contribution < -0.4 is 16.4 Å². The van der Waals surface area contributed by atoms with Gasteiger partial charge in [-0.1, -0.05) is 6.92 Å². The van der Waals surface area contributed by atoms with Gasteiger partial charge in [0.05, 0.1) is 6.33 Å². The lowest BCUT2D eigenvalue weighted by Gasteiger charge is -2.07. The number of hydrogen-bond donors (Lipinski definition) is 3. The zero-order valence-corrected chi connectivity index (χ0v) is 13.9. The Morgan fingerprint density at radius 2 is 2.00 bits per heavy atom. The van der Waals surface area contributed by atoms with Crippen LogP contribution in [0.15, 0.2) is 12.7 Å². The molecule has 0 aliphatic carbocycles. The summed E-state index contributed by atoms with van der Waals surface area (Å²) in [6, 6.07) is 0. The van der Waals surface area contributed by atoms with Crippen LogP contribution in [-0.4, -0.2) is 45.1 Å². The van der Waals surface area contributed by atoms with Gasteiger partial charge in [0.25, 0.3) is 0 Å². The molecule has 0 bridgehead atoms. The summed E-state index contributed by atoms with van der Waals surface area (Å²) < 4.78 is 1.65. The second-order valence-corrected chi connectivity index (χ2v) is 4.40. The van der Waals surface area contributed by atoms with Crippen LogP contribution in [0.1, 0.15) is 13.3 Å². The highest BCUT2D eigenvalue weighted by atomic mass is 35.5. The monoisotopic (exact) mass is 349 g/mol. The Balaban J connectivity index is 0.00000220. The summed E-state index contributed by atoms with van der Waals surface area (Å²) in [6.45, 7) is 4.59.